The molecule has 0 aliphatic rings. The topological polar surface area (TPSA) is 20.2 Å². The van der Waals surface area contributed by atoms with Crippen molar-refractivity contribution in [3.63, 3.8) is 0 Å². The molecule has 0 radical (unpaired) electrons. The zero-order valence-electron chi connectivity index (χ0n) is 10.8. The normalized spacial score (nSPS) is 13.7. The van der Waals surface area contributed by atoms with Crippen LogP contribution in [-0.2, 0) is 0 Å². The van der Waals surface area contributed by atoms with Gasteiger partial charge in [0.1, 0.15) is 0 Å². The van der Waals surface area contributed by atoms with Gasteiger partial charge in [0.05, 0.1) is 11.4 Å². The first-order chi connectivity index (χ1) is 9.31. The molecule has 0 fully saturated rings. The minimum Gasteiger partial charge on any atom is -0.391 e. The molecule has 0 aliphatic carbocycles. The Balaban J connectivity index is 2.22. The van der Waals surface area contributed by atoms with E-state index in [0.717, 1.165) is 5.56 Å². The van der Waals surface area contributed by atoms with Crippen molar-refractivity contribution >= 4 is 11.8 Å². The molecule has 1 N–H and O–H groups in total. The summed E-state index contributed by atoms with van der Waals surface area (Å²) in [6.07, 6.45) is 1.94. The molecule has 19 heavy (non-hydrogen) atoms. The summed E-state index contributed by atoms with van der Waals surface area (Å²) in [4.78, 5) is 1.17. The van der Waals surface area contributed by atoms with Gasteiger partial charge in [-0.15, -0.1) is 18.3 Å². The lowest BCUT2D eigenvalue weighted by Crippen LogP contribution is -2.14. The van der Waals surface area contributed by atoms with Crippen LogP contribution in [0.4, 0.5) is 0 Å². The number of rotatable bonds is 6. The summed E-state index contributed by atoms with van der Waals surface area (Å²) >= 11 is 1.69. The van der Waals surface area contributed by atoms with Crippen molar-refractivity contribution in [2.75, 3.05) is 0 Å². The Kier molecular flexibility index (Phi) is 5.25. The monoisotopic (exact) mass is 270 g/mol. The SMILES string of the molecule is C=CC[C@@H](O)[C@H](Sc1ccccc1)c1ccccc1. The zero-order chi connectivity index (χ0) is 13.5. The van der Waals surface area contributed by atoms with Crippen LogP contribution < -0.4 is 0 Å². The first kappa shape index (κ1) is 13.9. The van der Waals surface area contributed by atoms with Crippen molar-refractivity contribution in [1.29, 1.82) is 0 Å². The van der Waals surface area contributed by atoms with Gasteiger partial charge in [0.25, 0.3) is 0 Å². The van der Waals surface area contributed by atoms with Crippen LogP contribution in [0.1, 0.15) is 17.2 Å². The molecule has 0 aliphatic heterocycles. The first-order valence-corrected chi connectivity index (χ1v) is 7.25. The minimum atomic E-state index is -0.426. The van der Waals surface area contributed by atoms with Gasteiger partial charge in [-0.2, -0.15) is 0 Å². The van der Waals surface area contributed by atoms with Gasteiger partial charge in [0.2, 0.25) is 0 Å². The van der Waals surface area contributed by atoms with Crippen LogP contribution in [0, 0.1) is 0 Å². The van der Waals surface area contributed by atoms with E-state index in [1.807, 2.05) is 36.4 Å². The highest BCUT2D eigenvalue weighted by Crippen LogP contribution is 2.38. The Labute approximate surface area is 119 Å². The molecule has 98 valence electrons. The highest BCUT2D eigenvalue weighted by atomic mass is 32.2. The van der Waals surface area contributed by atoms with Gasteiger partial charge < -0.3 is 5.11 Å². The summed E-state index contributed by atoms with van der Waals surface area (Å²) in [5.74, 6) is 0. The van der Waals surface area contributed by atoms with Crippen molar-refractivity contribution in [3.05, 3.63) is 78.9 Å². The van der Waals surface area contributed by atoms with Gasteiger partial charge in [-0.3, -0.25) is 0 Å². The second-order valence-corrected chi connectivity index (χ2v) is 5.57. The van der Waals surface area contributed by atoms with Crippen LogP contribution in [0.15, 0.2) is 78.2 Å². The van der Waals surface area contributed by atoms with Crippen LogP contribution in [0.2, 0.25) is 0 Å². The molecule has 0 saturated carbocycles. The van der Waals surface area contributed by atoms with Crippen molar-refractivity contribution < 1.29 is 5.11 Å². The lowest BCUT2D eigenvalue weighted by molar-refractivity contribution is 0.175. The van der Waals surface area contributed by atoms with Crippen LogP contribution >= 0.6 is 11.8 Å². The number of aliphatic hydroxyl groups is 1. The standard InChI is InChI=1S/C17H18OS/c1-2-9-16(18)17(14-10-5-3-6-11-14)19-15-12-7-4-8-13-15/h2-8,10-13,16-18H,1,9H2/t16-,17-/m1/s1. The van der Waals surface area contributed by atoms with E-state index < -0.39 is 6.10 Å². The van der Waals surface area contributed by atoms with E-state index in [0.29, 0.717) is 6.42 Å². The fraction of sp³-hybridized carbons (Fsp3) is 0.176. The lowest BCUT2D eigenvalue weighted by Gasteiger charge is -2.22. The highest BCUT2D eigenvalue weighted by molar-refractivity contribution is 7.99. The molecule has 0 amide bonds. The van der Waals surface area contributed by atoms with Crippen molar-refractivity contribution in [3.8, 4) is 0 Å². The third kappa shape index (κ3) is 3.98. The summed E-state index contributed by atoms with van der Waals surface area (Å²) in [5, 5.41) is 10.4. The molecule has 0 aromatic heterocycles. The van der Waals surface area contributed by atoms with E-state index in [-0.39, 0.29) is 5.25 Å². The van der Waals surface area contributed by atoms with E-state index in [9.17, 15) is 5.11 Å². The average molecular weight is 270 g/mol. The molecule has 2 rings (SSSR count). The zero-order valence-corrected chi connectivity index (χ0v) is 11.6. The summed E-state index contributed by atoms with van der Waals surface area (Å²) in [5.41, 5.74) is 1.14. The molecule has 2 heteroatoms. The average Bonchev–Trinajstić information content (AvgIpc) is 2.47. The highest BCUT2D eigenvalue weighted by Gasteiger charge is 2.21. The number of hydrogen-bond donors (Lipinski definition) is 1. The molecule has 0 saturated heterocycles. The molecule has 0 unspecified atom stereocenters. The van der Waals surface area contributed by atoms with Gasteiger partial charge in [0, 0.05) is 4.90 Å². The van der Waals surface area contributed by atoms with E-state index >= 15 is 0 Å². The summed E-state index contributed by atoms with van der Waals surface area (Å²) in [7, 11) is 0. The molecule has 0 spiro atoms. The van der Waals surface area contributed by atoms with Crippen molar-refractivity contribution in [1.82, 2.24) is 0 Å². The molecule has 0 bridgehead atoms. The second-order valence-electron chi connectivity index (χ2n) is 4.35. The second kappa shape index (κ2) is 7.17. The largest absolute Gasteiger partial charge is 0.391 e. The maximum atomic E-state index is 10.3. The number of hydrogen-bond acceptors (Lipinski definition) is 2. The van der Waals surface area contributed by atoms with Crippen LogP contribution in [0.3, 0.4) is 0 Å². The van der Waals surface area contributed by atoms with Crippen LogP contribution in [0.25, 0.3) is 0 Å². The molecular formula is C17H18OS. The Hall–Kier alpha value is -1.51. The maximum absolute atomic E-state index is 10.3. The summed E-state index contributed by atoms with van der Waals surface area (Å²) in [6.45, 7) is 3.71. The van der Waals surface area contributed by atoms with Crippen molar-refractivity contribution in [2.24, 2.45) is 0 Å². The Morgan fingerprint density at radius 2 is 1.58 bits per heavy atom. The van der Waals surface area contributed by atoms with E-state index in [1.54, 1.807) is 17.8 Å². The Morgan fingerprint density at radius 3 is 2.16 bits per heavy atom. The lowest BCUT2D eigenvalue weighted by atomic mass is 10.1. The molecule has 2 aromatic rings. The quantitative estimate of drug-likeness (QED) is 0.618. The predicted octanol–water partition coefficient (Wildman–Crippen LogP) is 4.46. The smallest absolute Gasteiger partial charge is 0.0737 e. The third-order valence-corrected chi connectivity index (χ3v) is 4.28. The molecule has 2 atom stereocenters. The van der Waals surface area contributed by atoms with Gasteiger partial charge >= 0.3 is 0 Å². The van der Waals surface area contributed by atoms with Gasteiger partial charge in [-0.25, -0.2) is 0 Å². The van der Waals surface area contributed by atoms with Gasteiger partial charge in [-0.05, 0) is 24.1 Å². The fourth-order valence-electron chi connectivity index (χ4n) is 1.95. The predicted molar refractivity (Wildman–Crippen MR) is 82.3 cm³/mol. The molecule has 2 aromatic carbocycles. The number of aliphatic hydroxyl groups excluding tert-OH is 1. The first-order valence-electron chi connectivity index (χ1n) is 6.37. The molecule has 1 nitrogen and oxygen atoms in total. The summed E-state index contributed by atoms with van der Waals surface area (Å²) in [6, 6.07) is 20.3. The minimum absolute atomic E-state index is 0.0293. The number of thioether (sulfide) groups is 1. The van der Waals surface area contributed by atoms with Crippen molar-refractivity contribution in [2.45, 2.75) is 22.7 Å². The number of benzene rings is 2. The summed E-state index contributed by atoms with van der Waals surface area (Å²) < 4.78 is 0. The van der Waals surface area contributed by atoms with Crippen LogP contribution in [0.5, 0.6) is 0 Å². The fourth-order valence-corrected chi connectivity index (χ4v) is 3.12. The van der Waals surface area contributed by atoms with Gasteiger partial charge in [-0.1, -0.05) is 54.6 Å². The Morgan fingerprint density at radius 1 is 1.00 bits per heavy atom. The third-order valence-electron chi connectivity index (χ3n) is 2.89. The van der Waals surface area contributed by atoms with Gasteiger partial charge in [0.15, 0.2) is 0 Å². The van der Waals surface area contributed by atoms with Crippen LogP contribution in [-0.4, -0.2) is 11.2 Å². The van der Waals surface area contributed by atoms with E-state index in [1.165, 1.54) is 4.90 Å². The van der Waals surface area contributed by atoms with E-state index in [4.69, 9.17) is 0 Å². The molecular weight excluding hydrogens is 252 g/mol. The molecule has 0 heterocycles. The Bertz CT molecular complexity index is 495. The maximum Gasteiger partial charge on any atom is 0.0737 e. The van der Waals surface area contributed by atoms with E-state index in [2.05, 4.69) is 30.8 Å².